The van der Waals surface area contributed by atoms with Crippen molar-refractivity contribution in [3.05, 3.63) is 69.4 Å². The summed E-state index contributed by atoms with van der Waals surface area (Å²) in [5.41, 5.74) is 4.05. The van der Waals surface area contributed by atoms with Gasteiger partial charge in [-0.25, -0.2) is 0 Å². The second-order valence-electron chi connectivity index (χ2n) is 6.50. The van der Waals surface area contributed by atoms with E-state index in [0.717, 1.165) is 33.1 Å². The summed E-state index contributed by atoms with van der Waals surface area (Å²) in [5.74, 6) is 0.704. The molecule has 2 aromatic carbocycles. The molecule has 0 spiro atoms. The molecule has 5 nitrogen and oxygen atoms in total. The number of rotatable bonds is 4. The predicted molar refractivity (Wildman–Crippen MR) is 110 cm³/mol. The molecule has 0 heterocycles. The average molecular weight is 451 g/mol. The van der Waals surface area contributed by atoms with Gasteiger partial charge >= 0.3 is 7.60 Å². The third kappa shape index (κ3) is 4.36. The monoisotopic (exact) mass is 450 g/mol. The molecule has 2 aromatic rings. The molecule has 0 radical (unpaired) electrons. The fraction of sp³-hybridized carbons (Fsp3) is 0.200. The number of phenols is 1. The Morgan fingerprint density at radius 1 is 1.15 bits per heavy atom. The number of ether oxygens (including phenoxy) is 1. The van der Waals surface area contributed by atoms with Crippen molar-refractivity contribution in [1.29, 1.82) is 0 Å². The van der Waals surface area contributed by atoms with Crippen LogP contribution in [0.15, 0.2) is 63.9 Å². The average Bonchev–Trinajstić information content (AvgIpc) is 2.73. The number of hydrogen-bond acceptors (Lipinski definition) is 3. The maximum Gasteiger partial charge on any atom is 0.362 e. The van der Waals surface area contributed by atoms with Crippen LogP contribution >= 0.6 is 23.5 Å². The Kier molecular flexibility index (Phi) is 5.63. The second kappa shape index (κ2) is 7.64. The van der Waals surface area contributed by atoms with Gasteiger partial charge in [-0.05, 0) is 69.6 Å². The van der Waals surface area contributed by atoms with Crippen molar-refractivity contribution in [3.63, 3.8) is 0 Å². The summed E-state index contributed by atoms with van der Waals surface area (Å²) in [4.78, 5) is 18.1. The van der Waals surface area contributed by atoms with Gasteiger partial charge in [0.15, 0.2) is 6.35 Å². The summed E-state index contributed by atoms with van der Waals surface area (Å²) < 4.78 is 17.1. The predicted octanol–water partition coefficient (Wildman–Crippen LogP) is 5.47. The van der Waals surface area contributed by atoms with Crippen LogP contribution in [0.4, 0.5) is 0 Å². The molecule has 7 heteroatoms. The number of benzene rings is 2. The lowest BCUT2D eigenvalue weighted by Crippen LogP contribution is -1.95. The van der Waals surface area contributed by atoms with Gasteiger partial charge in [0.25, 0.3) is 0 Å². The van der Waals surface area contributed by atoms with Crippen LogP contribution in [0.2, 0.25) is 0 Å². The van der Waals surface area contributed by atoms with Crippen LogP contribution in [-0.2, 0) is 9.30 Å². The van der Waals surface area contributed by atoms with Crippen LogP contribution < -0.4 is 0 Å². The van der Waals surface area contributed by atoms with Crippen LogP contribution in [0.25, 0.3) is 16.3 Å². The van der Waals surface area contributed by atoms with Crippen LogP contribution in [0.5, 0.6) is 5.75 Å². The number of fused-ring (bicyclic) bond motifs is 1. The molecule has 27 heavy (non-hydrogen) atoms. The Morgan fingerprint density at radius 2 is 1.89 bits per heavy atom. The fourth-order valence-electron chi connectivity index (χ4n) is 3.26. The Hall–Kier alpha value is -1.85. The third-order valence-corrected chi connectivity index (χ3v) is 5.74. The number of aromatic hydroxyl groups is 1. The molecule has 0 atom stereocenters. The first-order valence-electron chi connectivity index (χ1n) is 8.34. The highest BCUT2D eigenvalue weighted by molar-refractivity contribution is 9.10. The highest BCUT2D eigenvalue weighted by atomic mass is 79.9. The molecular formula is C20H20BrO5P. The molecule has 0 fully saturated rings. The molecule has 1 aliphatic rings. The lowest BCUT2D eigenvalue weighted by atomic mass is 9.90. The van der Waals surface area contributed by atoms with Gasteiger partial charge in [-0.1, -0.05) is 30.3 Å². The van der Waals surface area contributed by atoms with Crippen LogP contribution in [0, 0.1) is 0 Å². The molecule has 3 rings (SSSR count). The quantitative estimate of drug-likeness (QED) is 0.537. The normalized spacial score (nSPS) is 15.4. The summed E-state index contributed by atoms with van der Waals surface area (Å²) in [7, 11) is -4.23. The molecule has 0 amide bonds. The van der Waals surface area contributed by atoms with Gasteiger partial charge < -0.3 is 19.6 Å². The van der Waals surface area contributed by atoms with E-state index in [1.54, 1.807) is 6.07 Å². The van der Waals surface area contributed by atoms with Crippen LogP contribution in [0.3, 0.4) is 0 Å². The summed E-state index contributed by atoms with van der Waals surface area (Å²) in [6, 6.07) is 9.45. The van der Waals surface area contributed by atoms with Crippen molar-refractivity contribution >= 4 is 39.9 Å². The molecule has 0 aliphatic heterocycles. The number of hydrogen-bond donors (Lipinski definition) is 3. The minimum atomic E-state index is -4.23. The highest BCUT2D eigenvalue weighted by Gasteiger charge is 2.18. The van der Waals surface area contributed by atoms with Crippen LogP contribution in [0.1, 0.15) is 25.8 Å². The van der Waals surface area contributed by atoms with E-state index in [-0.39, 0.29) is 5.75 Å². The molecule has 0 bridgehead atoms. The first kappa shape index (κ1) is 19.9. The summed E-state index contributed by atoms with van der Waals surface area (Å²) in [6.07, 6.45) is 3.65. The van der Waals surface area contributed by atoms with Gasteiger partial charge in [0.05, 0.1) is 4.47 Å². The zero-order valence-corrected chi connectivity index (χ0v) is 17.4. The zero-order valence-electron chi connectivity index (χ0n) is 14.9. The fourth-order valence-corrected chi connectivity index (χ4v) is 4.07. The third-order valence-electron chi connectivity index (χ3n) is 4.44. The van der Waals surface area contributed by atoms with E-state index in [1.165, 1.54) is 0 Å². The van der Waals surface area contributed by atoms with E-state index in [1.807, 2.05) is 50.3 Å². The molecular weight excluding hydrogens is 431 g/mol. The van der Waals surface area contributed by atoms with E-state index < -0.39 is 13.9 Å². The smallest absolute Gasteiger partial charge is 0.362 e. The van der Waals surface area contributed by atoms with Crippen molar-refractivity contribution in [1.82, 2.24) is 0 Å². The van der Waals surface area contributed by atoms with E-state index in [0.29, 0.717) is 16.7 Å². The summed E-state index contributed by atoms with van der Waals surface area (Å²) in [5, 5.41) is 11.9. The lowest BCUT2D eigenvalue weighted by molar-refractivity contribution is 0.224. The number of allylic oxidation sites excluding steroid dienone is 5. The molecule has 142 valence electrons. The SMILES string of the molecule is CC1=CCC(OCP(=O)(O)O)=CC(C)=C1c1cccc2c(Br)c(O)ccc12. The summed E-state index contributed by atoms with van der Waals surface area (Å²) in [6.45, 7) is 3.96. The molecule has 0 saturated carbocycles. The van der Waals surface area contributed by atoms with E-state index in [4.69, 9.17) is 14.5 Å². The Bertz CT molecular complexity index is 1050. The van der Waals surface area contributed by atoms with Gasteiger partial charge in [-0.2, -0.15) is 0 Å². The largest absolute Gasteiger partial charge is 0.507 e. The minimum Gasteiger partial charge on any atom is -0.507 e. The maximum absolute atomic E-state index is 11.1. The minimum absolute atomic E-state index is 0.187. The Labute approximate surface area is 166 Å². The molecule has 3 N–H and O–H groups in total. The van der Waals surface area contributed by atoms with Crippen molar-refractivity contribution in [2.75, 3.05) is 6.35 Å². The highest BCUT2D eigenvalue weighted by Crippen LogP contribution is 2.40. The first-order valence-corrected chi connectivity index (χ1v) is 10.9. The molecule has 0 saturated heterocycles. The van der Waals surface area contributed by atoms with Gasteiger partial charge in [-0.3, -0.25) is 4.57 Å². The number of phenolic OH excluding ortho intramolecular Hbond substituents is 1. The number of halogens is 1. The van der Waals surface area contributed by atoms with E-state index in [9.17, 15) is 9.67 Å². The maximum atomic E-state index is 11.1. The van der Waals surface area contributed by atoms with Gasteiger partial charge in [0.2, 0.25) is 0 Å². The van der Waals surface area contributed by atoms with Crippen molar-refractivity contribution in [3.8, 4) is 5.75 Å². The van der Waals surface area contributed by atoms with Gasteiger partial charge in [0.1, 0.15) is 11.5 Å². The summed E-state index contributed by atoms with van der Waals surface area (Å²) >= 11 is 3.45. The molecule has 1 aliphatic carbocycles. The zero-order chi connectivity index (χ0) is 19.8. The van der Waals surface area contributed by atoms with Gasteiger partial charge in [-0.15, -0.1) is 0 Å². The molecule has 0 unspecified atom stereocenters. The van der Waals surface area contributed by atoms with Crippen molar-refractivity contribution < 1.29 is 24.2 Å². The standard InChI is InChI=1S/C20H20BrO5P/c1-12-6-7-14(26-11-27(23,24)25)10-13(2)19(12)16-4-3-5-17-15(16)8-9-18(22)20(17)21/h3-6,8-10,22H,7,11H2,1-2H3,(H2,23,24,25). The Morgan fingerprint density at radius 3 is 2.59 bits per heavy atom. The van der Waals surface area contributed by atoms with Crippen LogP contribution in [-0.4, -0.2) is 21.2 Å². The van der Waals surface area contributed by atoms with Gasteiger partial charge in [0, 0.05) is 11.8 Å². The molecule has 0 aromatic heterocycles. The van der Waals surface area contributed by atoms with Crippen molar-refractivity contribution in [2.45, 2.75) is 20.3 Å². The van der Waals surface area contributed by atoms with E-state index in [2.05, 4.69) is 15.9 Å². The lowest BCUT2D eigenvalue weighted by Gasteiger charge is -2.15. The van der Waals surface area contributed by atoms with E-state index >= 15 is 0 Å². The second-order valence-corrected chi connectivity index (χ2v) is 8.88. The topological polar surface area (TPSA) is 87.0 Å². The first-order chi connectivity index (χ1) is 12.7. The Balaban J connectivity index is 2.12. The van der Waals surface area contributed by atoms with Crippen molar-refractivity contribution in [2.24, 2.45) is 0 Å².